The Morgan fingerprint density at radius 2 is 1.62 bits per heavy atom. The van der Waals surface area contributed by atoms with Crippen molar-refractivity contribution >= 4 is 5.69 Å². The van der Waals surface area contributed by atoms with Crippen molar-refractivity contribution in [3.63, 3.8) is 0 Å². The van der Waals surface area contributed by atoms with Crippen LogP contribution in [0.5, 0.6) is 0 Å². The number of benzene rings is 2. The van der Waals surface area contributed by atoms with Crippen LogP contribution in [0.15, 0.2) is 54.6 Å². The monoisotopic (exact) mass is 208 g/mol. The van der Waals surface area contributed by atoms with Crippen LogP contribution in [0.2, 0.25) is 0 Å². The third-order valence-corrected chi connectivity index (χ3v) is 3.43. The van der Waals surface area contributed by atoms with Crippen molar-refractivity contribution in [3.05, 3.63) is 65.7 Å². The standard InChI is InChI=1S/C14H12N2/c1-2-6-11(7-3-1)14-12-8-4-5-9-13(12)15-10-16(14)15/h1-9,14H,10H2/t14?,15?,16-/m0/s1. The SMILES string of the molecule is c1ccc(C2c3ccccc3N3C[N@@]23)cc1. The first-order valence-corrected chi connectivity index (χ1v) is 5.63. The molecule has 2 aromatic carbocycles. The minimum atomic E-state index is 0.428. The van der Waals surface area contributed by atoms with Gasteiger partial charge in [0.25, 0.3) is 0 Å². The van der Waals surface area contributed by atoms with Crippen LogP contribution in [-0.4, -0.2) is 11.7 Å². The molecule has 1 fully saturated rings. The summed E-state index contributed by atoms with van der Waals surface area (Å²) in [4.78, 5) is 0. The van der Waals surface area contributed by atoms with Gasteiger partial charge in [-0.3, -0.25) is 5.01 Å². The van der Waals surface area contributed by atoms with Crippen molar-refractivity contribution in [3.8, 4) is 0 Å². The highest BCUT2D eigenvalue weighted by molar-refractivity contribution is 5.64. The zero-order chi connectivity index (χ0) is 10.5. The molecule has 1 unspecified atom stereocenters. The number of hydrazine groups is 1. The summed E-state index contributed by atoms with van der Waals surface area (Å²) >= 11 is 0. The van der Waals surface area contributed by atoms with Crippen LogP contribution < -0.4 is 5.01 Å². The van der Waals surface area contributed by atoms with Crippen molar-refractivity contribution in [2.45, 2.75) is 6.04 Å². The highest BCUT2D eigenvalue weighted by Gasteiger charge is 2.47. The zero-order valence-electron chi connectivity index (χ0n) is 8.88. The molecule has 0 bridgehead atoms. The Labute approximate surface area is 94.7 Å². The normalized spacial score (nSPS) is 25.1. The lowest BCUT2D eigenvalue weighted by Crippen LogP contribution is -2.07. The quantitative estimate of drug-likeness (QED) is 0.665. The summed E-state index contributed by atoms with van der Waals surface area (Å²) in [6.45, 7) is 1.07. The Morgan fingerprint density at radius 3 is 2.50 bits per heavy atom. The van der Waals surface area contributed by atoms with E-state index < -0.39 is 0 Å². The predicted molar refractivity (Wildman–Crippen MR) is 63.9 cm³/mol. The number of hydrogen-bond donors (Lipinski definition) is 0. The summed E-state index contributed by atoms with van der Waals surface area (Å²) in [5.74, 6) is 0. The van der Waals surface area contributed by atoms with Gasteiger partial charge in [-0.25, -0.2) is 0 Å². The van der Waals surface area contributed by atoms with Gasteiger partial charge in [0, 0.05) is 5.56 Å². The van der Waals surface area contributed by atoms with E-state index in [1.54, 1.807) is 0 Å². The van der Waals surface area contributed by atoms with E-state index in [0.717, 1.165) is 6.67 Å². The van der Waals surface area contributed by atoms with Crippen LogP contribution >= 0.6 is 0 Å². The van der Waals surface area contributed by atoms with Crippen molar-refractivity contribution in [1.82, 2.24) is 5.01 Å². The van der Waals surface area contributed by atoms with Crippen molar-refractivity contribution in [1.29, 1.82) is 0 Å². The molecule has 2 aliphatic rings. The van der Waals surface area contributed by atoms with Crippen LogP contribution in [0.25, 0.3) is 0 Å². The van der Waals surface area contributed by atoms with Crippen LogP contribution in [0.3, 0.4) is 0 Å². The lowest BCUT2D eigenvalue weighted by Gasteiger charge is -2.13. The van der Waals surface area contributed by atoms with Gasteiger partial charge < -0.3 is 0 Å². The van der Waals surface area contributed by atoms with Gasteiger partial charge >= 0.3 is 0 Å². The number of anilines is 1. The molecule has 0 radical (unpaired) electrons. The van der Waals surface area contributed by atoms with Crippen LogP contribution in [0, 0.1) is 0 Å². The second kappa shape index (κ2) is 2.86. The van der Waals surface area contributed by atoms with Gasteiger partial charge in [0.15, 0.2) is 0 Å². The Kier molecular flexibility index (Phi) is 1.50. The fourth-order valence-electron chi connectivity index (χ4n) is 2.65. The number of fused-ring (bicyclic) bond motifs is 3. The average Bonchev–Trinajstić information content (AvgIpc) is 3.06. The summed E-state index contributed by atoms with van der Waals surface area (Å²) in [5.41, 5.74) is 4.19. The molecule has 0 aliphatic carbocycles. The lowest BCUT2D eigenvalue weighted by atomic mass is 9.98. The highest BCUT2D eigenvalue weighted by Crippen LogP contribution is 2.49. The van der Waals surface area contributed by atoms with Gasteiger partial charge in [-0.05, 0) is 11.6 Å². The topological polar surface area (TPSA) is 6.02 Å². The molecule has 1 saturated heterocycles. The van der Waals surface area contributed by atoms with Gasteiger partial charge in [0.1, 0.15) is 6.67 Å². The van der Waals surface area contributed by atoms with E-state index in [4.69, 9.17) is 0 Å². The molecule has 0 N–H and O–H groups in total. The number of para-hydroxylation sites is 1. The minimum Gasteiger partial charge on any atom is -0.287 e. The fraction of sp³-hybridized carbons (Fsp3) is 0.143. The average molecular weight is 208 g/mol. The van der Waals surface area contributed by atoms with E-state index in [-0.39, 0.29) is 0 Å². The largest absolute Gasteiger partial charge is 0.287 e. The van der Waals surface area contributed by atoms with E-state index in [1.165, 1.54) is 16.8 Å². The molecular formula is C14H12N2. The maximum absolute atomic E-state index is 2.40. The van der Waals surface area contributed by atoms with Gasteiger partial charge in [-0.2, -0.15) is 5.01 Å². The molecular weight excluding hydrogens is 196 g/mol. The van der Waals surface area contributed by atoms with E-state index in [2.05, 4.69) is 64.6 Å². The van der Waals surface area contributed by atoms with Crippen LogP contribution in [0.4, 0.5) is 5.69 Å². The Balaban J connectivity index is 1.87. The summed E-state index contributed by atoms with van der Waals surface area (Å²) in [7, 11) is 0. The molecule has 78 valence electrons. The smallest absolute Gasteiger partial charge is 0.106 e. The molecule has 2 aliphatic heterocycles. The van der Waals surface area contributed by atoms with Gasteiger partial charge in [0.2, 0.25) is 0 Å². The predicted octanol–water partition coefficient (Wildman–Crippen LogP) is 2.78. The first kappa shape index (κ1) is 8.36. The van der Waals surface area contributed by atoms with Gasteiger partial charge in [0.05, 0.1) is 11.7 Å². The molecule has 2 heteroatoms. The molecule has 16 heavy (non-hydrogen) atoms. The van der Waals surface area contributed by atoms with Gasteiger partial charge in [-0.1, -0.05) is 48.5 Å². The molecule has 0 saturated carbocycles. The van der Waals surface area contributed by atoms with Crippen molar-refractivity contribution in [2.24, 2.45) is 0 Å². The minimum absolute atomic E-state index is 0.428. The maximum Gasteiger partial charge on any atom is 0.106 e. The zero-order valence-corrected chi connectivity index (χ0v) is 8.88. The van der Waals surface area contributed by atoms with Gasteiger partial charge in [-0.15, -0.1) is 0 Å². The first-order chi connectivity index (χ1) is 7.95. The molecule has 2 atom stereocenters. The Bertz CT molecular complexity index is 535. The maximum atomic E-state index is 2.40. The summed E-state index contributed by atoms with van der Waals surface area (Å²) in [5, 5.41) is 4.74. The Morgan fingerprint density at radius 1 is 0.875 bits per heavy atom. The molecule has 2 heterocycles. The highest BCUT2D eigenvalue weighted by atomic mass is 15.8. The second-order valence-electron chi connectivity index (χ2n) is 4.35. The molecule has 4 rings (SSSR count). The lowest BCUT2D eigenvalue weighted by molar-refractivity contribution is 0.485. The third kappa shape index (κ3) is 0.996. The summed E-state index contributed by atoms with van der Waals surface area (Å²) in [6, 6.07) is 19.8. The molecule has 2 nitrogen and oxygen atoms in total. The van der Waals surface area contributed by atoms with Crippen molar-refractivity contribution < 1.29 is 0 Å². The van der Waals surface area contributed by atoms with Crippen molar-refractivity contribution in [2.75, 3.05) is 11.7 Å². The number of rotatable bonds is 1. The molecule has 0 aromatic heterocycles. The van der Waals surface area contributed by atoms with E-state index >= 15 is 0 Å². The van der Waals surface area contributed by atoms with E-state index in [9.17, 15) is 0 Å². The number of nitrogens with zero attached hydrogens (tertiary/aromatic N) is 2. The van der Waals surface area contributed by atoms with E-state index in [1.807, 2.05) is 0 Å². The fourth-order valence-corrected chi connectivity index (χ4v) is 2.65. The first-order valence-electron chi connectivity index (χ1n) is 5.63. The Hall–Kier alpha value is -1.80. The summed E-state index contributed by atoms with van der Waals surface area (Å²) in [6.07, 6.45) is 0. The van der Waals surface area contributed by atoms with Crippen LogP contribution in [0.1, 0.15) is 17.2 Å². The van der Waals surface area contributed by atoms with E-state index in [0.29, 0.717) is 6.04 Å². The second-order valence-corrected chi connectivity index (χ2v) is 4.35. The van der Waals surface area contributed by atoms with Crippen LogP contribution in [-0.2, 0) is 0 Å². The molecule has 0 spiro atoms. The molecule has 0 amide bonds. The summed E-state index contributed by atoms with van der Waals surface area (Å²) < 4.78 is 0. The molecule has 2 aromatic rings. The third-order valence-electron chi connectivity index (χ3n) is 3.43. The number of hydrogen-bond acceptors (Lipinski definition) is 2.